The molecule has 1 aliphatic carbocycles. The number of anilines is 1. The van der Waals surface area contributed by atoms with Crippen molar-refractivity contribution >= 4 is 27.8 Å². The molecule has 1 aliphatic rings. The van der Waals surface area contributed by atoms with E-state index in [2.05, 4.69) is 15.0 Å². The summed E-state index contributed by atoms with van der Waals surface area (Å²) in [4.78, 5) is 0. The summed E-state index contributed by atoms with van der Waals surface area (Å²) >= 11 is 0. The van der Waals surface area contributed by atoms with Gasteiger partial charge in [0.2, 0.25) is 0 Å². The normalized spacial score (nSPS) is 16.5. The molecule has 0 bridgehead atoms. The lowest BCUT2D eigenvalue weighted by atomic mass is 10.1. The molecule has 0 amide bonds. The van der Waals surface area contributed by atoms with Crippen LogP contribution in [0.4, 0.5) is 5.82 Å². The average Bonchev–Trinajstić information content (AvgIpc) is 3.05. The summed E-state index contributed by atoms with van der Waals surface area (Å²) in [5.41, 5.74) is 1.54. The average molecular weight is 376 g/mol. The fourth-order valence-corrected chi connectivity index (χ4v) is 4.20. The standard InChI is InChI=1S/C17H20N4O4S/c1-23-11-17(4-5-17)26(22)20-16-15-13(24-2)8-12(9-14(15)25-19-16)10-21-7-3-6-18-21/h3,6-9H,4-5,10-11H2,1-2H3,(H,19,20). The van der Waals surface area contributed by atoms with Gasteiger partial charge < -0.3 is 14.0 Å². The topological polar surface area (TPSA) is 91.4 Å². The molecule has 3 aromatic rings. The van der Waals surface area contributed by atoms with Crippen molar-refractivity contribution in [3.63, 3.8) is 0 Å². The first-order valence-corrected chi connectivity index (χ1v) is 9.41. The number of methoxy groups -OCH3 is 2. The molecular formula is C17H20N4O4S. The number of nitrogens with zero attached hydrogens (tertiary/aromatic N) is 3. The van der Waals surface area contributed by atoms with Crippen molar-refractivity contribution < 1.29 is 18.2 Å². The number of hydrogen-bond acceptors (Lipinski definition) is 6. The largest absolute Gasteiger partial charge is 0.496 e. The van der Waals surface area contributed by atoms with Gasteiger partial charge in [-0.05, 0) is 36.6 Å². The second-order valence-corrected chi connectivity index (χ2v) is 8.00. The van der Waals surface area contributed by atoms with Crippen LogP contribution in [0.3, 0.4) is 0 Å². The first kappa shape index (κ1) is 17.0. The Morgan fingerprint density at radius 1 is 1.38 bits per heavy atom. The van der Waals surface area contributed by atoms with Gasteiger partial charge in [-0.1, -0.05) is 5.16 Å². The van der Waals surface area contributed by atoms with Crippen LogP contribution in [0.15, 0.2) is 35.1 Å². The number of benzene rings is 1. The predicted molar refractivity (Wildman–Crippen MR) is 97.5 cm³/mol. The number of hydrogen-bond donors (Lipinski definition) is 1. The van der Waals surface area contributed by atoms with Crippen LogP contribution in [0.1, 0.15) is 18.4 Å². The van der Waals surface area contributed by atoms with Crippen LogP contribution in [0.2, 0.25) is 0 Å². The highest BCUT2D eigenvalue weighted by molar-refractivity contribution is 7.88. The Morgan fingerprint density at radius 2 is 2.23 bits per heavy atom. The summed E-state index contributed by atoms with van der Waals surface area (Å²) in [6.07, 6.45) is 5.34. The number of fused-ring (bicyclic) bond motifs is 1. The zero-order valence-electron chi connectivity index (χ0n) is 14.6. The molecule has 4 rings (SSSR count). The van der Waals surface area contributed by atoms with E-state index in [1.165, 1.54) is 0 Å². The van der Waals surface area contributed by atoms with Crippen LogP contribution in [0, 0.1) is 0 Å². The molecule has 0 aliphatic heterocycles. The monoisotopic (exact) mass is 376 g/mol. The molecular weight excluding hydrogens is 356 g/mol. The van der Waals surface area contributed by atoms with Gasteiger partial charge in [-0.25, -0.2) is 4.21 Å². The minimum atomic E-state index is -1.31. The summed E-state index contributed by atoms with van der Waals surface area (Å²) in [7, 11) is 1.90. The van der Waals surface area contributed by atoms with Crippen LogP contribution in [-0.4, -0.2) is 44.7 Å². The summed E-state index contributed by atoms with van der Waals surface area (Å²) in [5.74, 6) is 1.03. The number of rotatable bonds is 8. The van der Waals surface area contributed by atoms with Crippen LogP contribution in [0.25, 0.3) is 11.0 Å². The van der Waals surface area contributed by atoms with Crippen LogP contribution in [-0.2, 0) is 22.3 Å². The van der Waals surface area contributed by atoms with Crippen molar-refractivity contribution in [2.24, 2.45) is 0 Å². The van der Waals surface area contributed by atoms with Crippen molar-refractivity contribution in [1.29, 1.82) is 0 Å². The van der Waals surface area contributed by atoms with Crippen molar-refractivity contribution in [3.8, 4) is 5.75 Å². The van der Waals surface area contributed by atoms with E-state index >= 15 is 0 Å². The van der Waals surface area contributed by atoms with Crippen molar-refractivity contribution in [2.45, 2.75) is 24.1 Å². The first-order valence-electron chi connectivity index (χ1n) is 8.26. The lowest BCUT2D eigenvalue weighted by Gasteiger charge is -2.14. The van der Waals surface area contributed by atoms with E-state index in [1.54, 1.807) is 20.4 Å². The third-order valence-corrected chi connectivity index (χ3v) is 6.21. The van der Waals surface area contributed by atoms with E-state index in [0.717, 1.165) is 18.4 Å². The van der Waals surface area contributed by atoms with E-state index in [1.807, 2.05) is 29.1 Å². The van der Waals surface area contributed by atoms with Crippen LogP contribution in [0.5, 0.6) is 5.75 Å². The predicted octanol–water partition coefficient (Wildman–Crippen LogP) is 2.34. The molecule has 26 heavy (non-hydrogen) atoms. The van der Waals surface area contributed by atoms with E-state index in [4.69, 9.17) is 14.0 Å². The van der Waals surface area contributed by atoms with Crippen LogP contribution < -0.4 is 9.46 Å². The summed E-state index contributed by atoms with van der Waals surface area (Å²) in [5, 5.41) is 8.95. The Labute approximate surface area is 153 Å². The van der Waals surface area contributed by atoms with Gasteiger partial charge in [0.05, 0.1) is 25.0 Å². The highest BCUT2D eigenvalue weighted by Crippen LogP contribution is 2.43. The lowest BCUT2D eigenvalue weighted by molar-refractivity contribution is 0.193. The van der Waals surface area contributed by atoms with Crippen molar-refractivity contribution in [2.75, 3.05) is 25.5 Å². The van der Waals surface area contributed by atoms with Gasteiger partial charge in [0.1, 0.15) is 22.1 Å². The second-order valence-electron chi connectivity index (χ2n) is 6.39. The smallest absolute Gasteiger partial charge is 0.192 e. The molecule has 1 N–H and O–H groups in total. The number of nitrogens with one attached hydrogen (secondary N) is 1. The van der Waals surface area contributed by atoms with E-state index in [0.29, 0.717) is 35.7 Å². The minimum absolute atomic E-state index is 0.340. The molecule has 1 unspecified atom stereocenters. The van der Waals surface area contributed by atoms with Crippen molar-refractivity contribution in [3.05, 3.63) is 36.2 Å². The third kappa shape index (κ3) is 3.08. The van der Waals surface area contributed by atoms with E-state index < -0.39 is 11.0 Å². The zero-order chi connectivity index (χ0) is 18.1. The SMILES string of the molecule is COCC1(S(=O)Nc2noc3cc(Cn4cccn4)cc(OC)c23)CC1. The Balaban J connectivity index is 1.63. The molecule has 2 aromatic heterocycles. The summed E-state index contributed by atoms with van der Waals surface area (Å²) in [6.45, 7) is 1.04. The maximum Gasteiger partial charge on any atom is 0.192 e. The summed E-state index contributed by atoms with van der Waals surface area (Å²) in [6, 6.07) is 5.68. The maximum absolute atomic E-state index is 12.7. The molecule has 1 saturated carbocycles. The Bertz CT molecular complexity index is 934. The first-order chi connectivity index (χ1) is 12.6. The molecule has 1 atom stereocenters. The highest BCUT2D eigenvalue weighted by atomic mass is 32.2. The molecule has 0 spiro atoms. The van der Waals surface area contributed by atoms with Crippen LogP contribution >= 0.6 is 0 Å². The fourth-order valence-electron chi connectivity index (χ4n) is 2.97. The molecule has 0 saturated heterocycles. The zero-order valence-corrected chi connectivity index (χ0v) is 15.4. The number of ether oxygens (including phenoxy) is 2. The summed E-state index contributed by atoms with van der Waals surface area (Å²) < 4.78 is 33.3. The third-order valence-electron chi connectivity index (χ3n) is 4.52. The van der Waals surface area contributed by atoms with Gasteiger partial charge in [-0.15, -0.1) is 0 Å². The second kappa shape index (κ2) is 6.73. The molecule has 9 heteroatoms. The molecule has 0 radical (unpaired) electrons. The van der Waals surface area contributed by atoms with Gasteiger partial charge in [0, 0.05) is 19.5 Å². The van der Waals surface area contributed by atoms with E-state index in [9.17, 15) is 4.21 Å². The minimum Gasteiger partial charge on any atom is -0.496 e. The highest BCUT2D eigenvalue weighted by Gasteiger charge is 2.49. The van der Waals surface area contributed by atoms with Gasteiger partial charge in [0.15, 0.2) is 11.4 Å². The fraction of sp³-hybridized carbons (Fsp3) is 0.412. The molecule has 1 aromatic carbocycles. The van der Waals surface area contributed by atoms with E-state index in [-0.39, 0.29) is 4.75 Å². The maximum atomic E-state index is 12.7. The van der Waals surface area contributed by atoms with Gasteiger partial charge in [-0.2, -0.15) is 5.10 Å². The molecule has 2 heterocycles. The Morgan fingerprint density at radius 3 is 2.88 bits per heavy atom. The van der Waals surface area contributed by atoms with Crippen molar-refractivity contribution in [1.82, 2.24) is 14.9 Å². The van der Waals surface area contributed by atoms with Gasteiger partial charge in [-0.3, -0.25) is 9.40 Å². The molecule has 138 valence electrons. The Kier molecular flexibility index (Phi) is 4.41. The van der Waals surface area contributed by atoms with Gasteiger partial charge >= 0.3 is 0 Å². The quantitative estimate of drug-likeness (QED) is 0.649. The van der Waals surface area contributed by atoms with Gasteiger partial charge in [0.25, 0.3) is 0 Å². The number of aromatic nitrogens is 3. The Hall–Kier alpha value is -2.39. The lowest BCUT2D eigenvalue weighted by Crippen LogP contribution is -2.28. The molecule has 1 fully saturated rings. The molecule has 8 nitrogen and oxygen atoms in total.